The Morgan fingerprint density at radius 2 is 2.00 bits per heavy atom. The fraction of sp³-hybridized carbons (Fsp3) is 0.583. The van der Waals surface area contributed by atoms with Crippen LogP contribution in [0.2, 0.25) is 5.02 Å². The normalized spacial score (nSPS) is 18.6. The number of nitrogens with zero attached hydrogens (tertiary/aromatic N) is 1. The molecule has 0 bridgehead atoms. The van der Waals surface area contributed by atoms with E-state index in [2.05, 4.69) is 10.3 Å². The van der Waals surface area contributed by atoms with Crippen LogP contribution in [0.5, 0.6) is 0 Å². The van der Waals surface area contributed by atoms with Crippen LogP contribution < -0.4 is 5.32 Å². The van der Waals surface area contributed by atoms with Crippen molar-refractivity contribution in [3.63, 3.8) is 0 Å². The van der Waals surface area contributed by atoms with E-state index in [1.807, 2.05) is 0 Å². The number of hydrogen-bond acceptors (Lipinski definition) is 3. The number of alkyl halides is 3. The van der Waals surface area contributed by atoms with E-state index in [1.54, 1.807) is 0 Å². The molecule has 2 N–H and O–H groups in total. The van der Waals surface area contributed by atoms with Crippen LogP contribution in [0.15, 0.2) is 12.3 Å². The summed E-state index contributed by atoms with van der Waals surface area (Å²) < 4.78 is 37.5. The zero-order valence-corrected chi connectivity index (χ0v) is 10.9. The Hall–Kier alpha value is -1.01. The number of aromatic nitrogens is 1. The molecular formula is C12H14ClF3N2O. The number of aliphatic hydroxyl groups excluding tert-OH is 1. The molecule has 0 radical (unpaired) electrons. The van der Waals surface area contributed by atoms with E-state index in [1.165, 1.54) is 0 Å². The first-order valence-corrected chi connectivity index (χ1v) is 6.36. The molecular weight excluding hydrogens is 281 g/mol. The Labute approximate surface area is 113 Å². The minimum absolute atomic E-state index is 0.0884. The molecule has 19 heavy (non-hydrogen) atoms. The number of aliphatic hydroxyl groups is 1. The molecule has 3 nitrogen and oxygen atoms in total. The largest absolute Gasteiger partial charge is 0.417 e. The van der Waals surface area contributed by atoms with Gasteiger partial charge in [-0.1, -0.05) is 24.4 Å². The predicted molar refractivity (Wildman–Crippen MR) is 66.2 cm³/mol. The second-order valence-corrected chi connectivity index (χ2v) is 5.23. The van der Waals surface area contributed by atoms with Crippen LogP contribution in [0.4, 0.5) is 19.0 Å². The molecule has 1 heterocycles. The third-order valence-corrected chi connectivity index (χ3v) is 3.70. The predicted octanol–water partition coefficient (Wildman–Crippen LogP) is 3.47. The molecule has 1 aromatic heterocycles. The monoisotopic (exact) mass is 294 g/mol. The molecule has 1 aliphatic carbocycles. The van der Waals surface area contributed by atoms with Crippen LogP contribution in [0.25, 0.3) is 0 Å². The summed E-state index contributed by atoms with van der Waals surface area (Å²) in [5, 5.41) is 12.3. The molecule has 0 aromatic carbocycles. The van der Waals surface area contributed by atoms with Gasteiger partial charge < -0.3 is 10.4 Å². The van der Waals surface area contributed by atoms with Crippen LogP contribution in [0.3, 0.4) is 0 Å². The Morgan fingerprint density at radius 1 is 1.37 bits per heavy atom. The molecule has 0 spiro atoms. The molecule has 7 heteroatoms. The van der Waals surface area contributed by atoms with Gasteiger partial charge >= 0.3 is 6.18 Å². The van der Waals surface area contributed by atoms with Gasteiger partial charge in [0.25, 0.3) is 0 Å². The van der Waals surface area contributed by atoms with Crippen molar-refractivity contribution in [1.82, 2.24) is 4.98 Å². The quantitative estimate of drug-likeness (QED) is 0.897. The van der Waals surface area contributed by atoms with Gasteiger partial charge in [-0.2, -0.15) is 13.2 Å². The van der Waals surface area contributed by atoms with Gasteiger partial charge in [0.15, 0.2) is 0 Å². The average Bonchev–Trinajstić information content (AvgIpc) is 2.80. The summed E-state index contributed by atoms with van der Waals surface area (Å²) in [6.07, 6.45) is -0.284. The lowest BCUT2D eigenvalue weighted by Crippen LogP contribution is -2.39. The Bertz CT molecular complexity index is 459. The second kappa shape index (κ2) is 5.17. The van der Waals surface area contributed by atoms with Crippen molar-refractivity contribution in [2.75, 3.05) is 11.9 Å². The van der Waals surface area contributed by atoms with Crippen molar-refractivity contribution in [1.29, 1.82) is 0 Å². The Kier molecular flexibility index (Phi) is 3.92. The van der Waals surface area contributed by atoms with Gasteiger partial charge in [0, 0.05) is 6.20 Å². The maximum atomic E-state index is 12.5. The molecule has 0 aliphatic heterocycles. The van der Waals surface area contributed by atoms with E-state index in [9.17, 15) is 18.3 Å². The van der Waals surface area contributed by atoms with Crippen LogP contribution in [-0.2, 0) is 6.18 Å². The second-order valence-electron chi connectivity index (χ2n) is 4.82. The van der Waals surface area contributed by atoms with Gasteiger partial charge in [-0.25, -0.2) is 4.98 Å². The van der Waals surface area contributed by atoms with E-state index in [4.69, 9.17) is 11.6 Å². The number of anilines is 1. The summed E-state index contributed by atoms with van der Waals surface area (Å²) in [5.41, 5.74) is -1.40. The number of halogens is 4. The molecule has 1 fully saturated rings. The maximum absolute atomic E-state index is 12.5. The third-order valence-electron chi connectivity index (χ3n) is 3.42. The molecule has 1 aromatic rings. The van der Waals surface area contributed by atoms with Crippen molar-refractivity contribution in [2.24, 2.45) is 0 Å². The Balaban J connectivity index is 2.22. The topological polar surface area (TPSA) is 45.1 Å². The third kappa shape index (κ3) is 3.12. The highest BCUT2D eigenvalue weighted by Gasteiger charge is 2.35. The number of rotatable bonds is 3. The smallest absolute Gasteiger partial charge is 0.394 e. The molecule has 1 aliphatic rings. The van der Waals surface area contributed by atoms with Gasteiger partial charge in [-0.3, -0.25) is 0 Å². The Morgan fingerprint density at radius 3 is 2.47 bits per heavy atom. The first kappa shape index (κ1) is 14.4. The SMILES string of the molecule is OCC1(Nc2ncc(C(F)(F)F)cc2Cl)CCCC1. The molecule has 0 saturated heterocycles. The van der Waals surface area contributed by atoms with E-state index in [-0.39, 0.29) is 17.4 Å². The number of hydrogen-bond donors (Lipinski definition) is 2. The summed E-state index contributed by atoms with van der Waals surface area (Å²) in [6.45, 7) is -0.0912. The number of nitrogens with one attached hydrogen (secondary N) is 1. The minimum atomic E-state index is -4.46. The van der Waals surface area contributed by atoms with Crippen molar-refractivity contribution in [3.05, 3.63) is 22.8 Å². The lowest BCUT2D eigenvalue weighted by atomic mass is 9.99. The molecule has 106 valence electrons. The fourth-order valence-corrected chi connectivity index (χ4v) is 2.52. The highest BCUT2D eigenvalue weighted by atomic mass is 35.5. The van der Waals surface area contributed by atoms with E-state index in [0.29, 0.717) is 0 Å². The van der Waals surface area contributed by atoms with Crippen molar-refractivity contribution in [3.8, 4) is 0 Å². The average molecular weight is 295 g/mol. The summed E-state index contributed by atoms with van der Waals surface area (Å²) in [6, 6.07) is 0.844. The van der Waals surface area contributed by atoms with E-state index >= 15 is 0 Å². The van der Waals surface area contributed by atoms with Crippen molar-refractivity contribution < 1.29 is 18.3 Å². The van der Waals surface area contributed by atoms with Gasteiger partial charge in [0.2, 0.25) is 0 Å². The van der Waals surface area contributed by atoms with Crippen LogP contribution in [0.1, 0.15) is 31.2 Å². The lowest BCUT2D eigenvalue weighted by molar-refractivity contribution is -0.137. The first-order chi connectivity index (χ1) is 8.86. The molecule has 0 atom stereocenters. The van der Waals surface area contributed by atoms with Crippen molar-refractivity contribution in [2.45, 2.75) is 37.4 Å². The summed E-state index contributed by atoms with van der Waals surface area (Å²) >= 11 is 5.83. The van der Waals surface area contributed by atoms with Crippen LogP contribution in [-0.4, -0.2) is 22.2 Å². The summed E-state index contributed by atoms with van der Waals surface area (Å²) in [7, 11) is 0. The zero-order valence-electron chi connectivity index (χ0n) is 10.1. The molecule has 0 unspecified atom stereocenters. The van der Waals surface area contributed by atoms with E-state index in [0.717, 1.165) is 37.9 Å². The minimum Gasteiger partial charge on any atom is -0.394 e. The fourth-order valence-electron chi connectivity index (χ4n) is 2.31. The standard InChI is InChI=1S/C12H14ClF3N2O/c13-9-5-8(12(14,15)16)6-17-10(9)18-11(7-19)3-1-2-4-11/h5-6,19H,1-4,7H2,(H,17,18). The van der Waals surface area contributed by atoms with E-state index < -0.39 is 17.3 Å². The highest BCUT2D eigenvalue weighted by molar-refractivity contribution is 6.33. The highest BCUT2D eigenvalue weighted by Crippen LogP contribution is 2.36. The first-order valence-electron chi connectivity index (χ1n) is 5.98. The van der Waals surface area contributed by atoms with Gasteiger partial charge in [0.05, 0.1) is 22.7 Å². The summed E-state index contributed by atoms with van der Waals surface area (Å²) in [5.74, 6) is 0.186. The zero-order chi connectivity index (χ0) is 14.1. The van der Waals surface area contributed by atoms with Gasteiger partial charge in [-0.05, 0) is 18.9 Å². The van der Waals surface area contributed by atoms with Crippen molar-refractivity contribution >= 4 is 17.4 Å². The van der Waals surface area contributed by atoms with Gasteiger partial charge in [-0.15, -0.1) is 0 Å². The lowest BCUT2D eigenvalue weighted by Gasteiger charge is -2.29. The maximum Gasteiger partial charge on any atom is 0.417 e. The molecule has 1 saturated carbocycles. The van der Waals surface area contributed by atoms with Crippen LogP contribution >= 0.6 is 11.6 Å². The number of pyridine rings is 1. The van der Waals surface area contributed by atoms with Crippen LogP contribution in [0, 0.1) is 0 Å². The van der Waals surface area contributed by atoms with Gasteiger partial charge in [0.1, 0.15) is 5.82 Å². The molecule has 2 rings (SSSR count). The molecule has 0 amide bonds. The summed E-state index contributed by atoms with van der Waals surface area (Å²) in [4.78, 5) is 3.73.